The molecule has 2 aromatic heterocycles. The fourth-order valence-corrected chi connectivity index (χ4v) is 4.57. The van der Waals surface area contributed by atoms with Crippen LogP contribution in [0.5, 0.6) is 0 Å². The SMILES string of the molecule is CC1=C(C(=O)NCc2ccco2)[C@H](c2ccco2)C(C#N)=C(SCC(=O)c2ccccc2)N1. The summed E-state index contributed by atoms with van der Waals surface area (Å²) in [6.45, 7) is 1.98. The van der Waals surface area contributed by atoms with Gasteiger partial charge >= 0.3 is 0 Å². The van der Waals surface area contributed by atoms with Crippen molar-refractivity contribution in [3.8, 4) is 6.07 Å². The number of furan rings is 2. The third-order valence-electron chi connectivity index (χ3n) is 5.17. The molecule has 0 saturated carbocycles. The van der Waals surface area contributed by atoms with Crippen LogP contribution >= 0.6 is 11.8 Å². The molecule has 2 N–H and O–H groups in total. The van der Waals surface area contributed by atoms with Gasteiger partial charge in [0.15, 0.2) is 5.78 Å². The molecule has 0 radical (unpaired) electrons. The lowest BCUT2D eigenvalue weighted by atomic mass is 9.85. The van der Waals surface area contributed by atoms with Crippen LogP contribution in [0.25, 0.3) is 0 Å². The van der Waals surface area contributed by atoms with E-state index in [0.717, 1.165) is 0 Å². The third-order valence-corrected chi connectivity index (χ3v) is 6.18. The van der Waals surface area contributed by atoms with Gasteiger partial charge in [0.1, 0.15) is 11.5 Å². The highest BCUT2D eigenvalue weighted by atomic mass is 32.2. The van der Waals surface area contributed by atoms with Gasteiger partial charge in [0.25, 0.3) is 0 Å². The lowest BCUT2D eigenvalue weighted by molar-refractivity contribution is -0.118. The molecule has 0 unspecified atom stereocenters. The van der Waals surface area contributed by atoms with Crippen LogP contribution in [0.3, 0.4) is 0 Å². The lowest BCUT2D eigenvalue weighted by Gasteiger charge is -2.28. The molecule has 166 valence electrons. The molecule has 1 aliphatic rings. The van der Waals surface area contributed by atoms with Crippen LogP contribution in [0.15, 0.2) is 97.8 Å². The quantitative estimate of drug-likeness (QED) is 0.478. The van der Waals surface area contributed by atoms with Gasteiger partial charge in [-0.25, -0.2) is 0 Å². The van der Waals surface area contributed by atoms with E-state index in [-0.39, 0.29) is 24.0 Å². The molecule has 1 atom stereocenters. The Bertz CT molecular complexity index is 1240. The number of nitriles is 1. The topological polar surface area (TPSA) is 108 Å². The van der Waals surface area contributed by atoms with Crippen molar-refractivity contribution in [1.29, 1.82) is 5.26 Å². The number of nitrogens with one attached hydrogen (secondary N) is 2. The van der Waals surface area contributed by atoms with Crippen molar-refractivity contribution in [2.75, 3.05) is 5.75 Å². The number of carbonyl (C=O) groups is 2. The highest BCUT2D eigenvalue weighted by Gasteiger charge is 2.36. The molecule has 0 fully saturated rings. The maximum Gasteiger partial charge on any atom is 0.250 e. The minimum atomic E-state index is -0.697. The molecular formula is C25H21N3O4S. The van der Waals surface area contributed by atoms with Gasteiger partial charge in [-0.15, -0.1) is 0 Å². The van der Waals surface area contributed by atoms with Crippen molar-refractivity contribution < 1.29 is 18.4 Å². The van der Waals surface area contributed by atoms with Crippen molar-refractivity contribution in [2.24, 2.45) is 0 Å². The van der Waals surface area contributed by atoms with Crippen LogP contribution in [0, 0.1) is 11.3 Å². The van der Waals surface area contributed by atoms with E-state index in [2.05, 4.69) is 16.7 Å². The molecule has 1 aromatic carbocycles. The second-order valence-electron chi connectivity index (χ2n) is 7.31. The molecule has 7 nitrogen and oxygen atoms in total. The first-order chi connectivity index (χ1) is 16.1. The molecule has 3 aromatic rings. The number of carbonyl (C=O) groups excluding carboxylic acids is 2. The number of hydrogen-bond acceptors (Lipinski definition) is 7. The molecule has 1 amide bonds. The van der Waals surface area contributed by atoms with Gasteiger partial charge in [-0.3, -0.25) is 9.59 Å². The summed E-state index contributed by atoms with van der Waals surface area (Å²) in [4.78, 5) is 25.7. The molecule has 0 bridgehead atoms. The van der Waals surface area contributed by atoms with Gasteiger partial charge in [-0.1, -0.05) is 42.1 Å². The number of benzene rings is 1. The third kappa shape index (κ3) is 4.94. The van der Waals surface area contributed by atoms with Crippen molar-refractivity contribution in [2.45, 2.75) is 19.4 Å². The Morgan fingerprint density at radius 1 is 1.09 bits per heavy atom. The minimum absolute atomic E-state index is 0.0506. The number of rotatable bonds is 8. The molecule has 0 saturated heterocycles. The molecule has 4 rings (SSSR count). The van der Waals surface area contributed by atoms with Crippen LogP contribution in [0.4, 0.5) is 0 Å². The van der Waals surface area contributed by atoms with Crippen LogP contribution < -0.4 is 10.6 Å². The summed E-state index contributed by atoms with van der Waals surface area (Å²) in [6.07, 6.45) is 3.04. The fraction of sp³-hybridized carbons (Fsp3) is 0.160. The average Bonchev–Trinajstić information content (AvgIpc) is 3.55. The second-order valence-corrected chi connectivity index (χ2v) is 8.29. The summed E-state index contributed by atoms with van der Waals surface area (Å²) in [5.74, 6) is 0.155. The lowest BCUT2D eigenvalue weighted by Crippen LogP contribution is -2.34. The van der Waals surface area contributed by atoms with Gasteiger partial charge in [-0.05, 0) is 31.2 Å². The number of Topliss-reactive ketones (excluding diaryl/α,β-unsaturated/α-hetero) is 1. The monoisotopic (exact) mass is 459 g/mol. The number of amides is 1. The predicted molar refractivity (Wildman–Crippen MR) is 124 cm³/mol. The Morgan fingerprint density at radius 2 is 1.85 bits per heavy atom. The molecule has 0 aliphatic carbocycles. The highest BCUT2D eigenvalue weighted by Crippen LogP contribution is 2.40. The highest BCUT2D eigenvalue weighted by molar-refractivity contribution is 8.03. The van der Waals surface area contributed by atoms with Crippen molar-refractivity contribution in [3.63, 3.8) is 0 Å². The molecule has 1 aliphatic heterocycles. The van der Waals surface area contributed by atoms with E-state index >= 15 is 0 Å². The predicted octanol–water partition coefficient (Wildman–Crippen LogP) is 4.50. The first-order valence-corrected chi connectivity index (χ1v) is 11.2. The van der Waals surface area contributed by atoms with E-state index in [1.807, 2.05) is 18.2 Å². The average molecular weight is 460 g/mol. The van der Waals surface area contributed by atoms with Crippen LogP contribution in [0.1, 0.15) is 34.7 Å². The standard InChI is InChI=1S/C25H21N3O4S/c1-16-22(24(30)27-14-18-9-5-11-31-18)23(21-10-6-12-32-21)19(13-26)25(28-16)33-15-20(29)17-7-3-2-4-8-17/h2-12,23,28H,14-15H2,1H3,(H,27,30)/t23-/m0/s1. The Morgan fingerprint density at radius 3 is 2.52 bits per heavy atom. The number of hydrogen-bond donors (Lipinski definition) is 2. The normalized spacial score (nSPS) is 15.7. The first kappa shape index (κ1) is 22.2. The summed E-state index contributed by atoms with van der Waals surface area (Å²) < 4.78 is 10.9. The van der Waals surface area contributed by atoms with Crippen LogP contribution in [0.2, 0.25) is 0 Å². The largest absolute Gasteiger partial charge is 0.468 e. The van der Waals surface area contributed by atoms with Crippen molar-refractivity contribution in [3.05, 3.63) is 106 Å². The summed E-state index contributed by atoms with van der Waals surface area (Å²) in [5, 5.41) is 16.6. The van der Waals surface area contributed by atoms with Gasteiger partial charge < -0.3 is 19.5 Å². The van der Waals surface area contributed by atoms with Gasteiger partial charge in [-0.2, -0.15) is 5.26 Å². The molecular weight excluding hydrogens is 438 g/mol. The van der Waals surface area contributed by atoms with Crippen LogP contribution in [-0.4, -0.2) is 17.4 Å². The molecule has 33 heavy (non-hydrogen) atoms. The number of thioether (sulfide) groups is 1. The van der Waals surface area contributed by atoms with Gasteiger partial charge in [0.2, 0.25) is 5.91 Å². The first-order valence-electron chi connectivity index (χ1n) is 10.3. The number of ketones is 1. The molecule has 3 heterocycles. The summed E-state index contributed by atoms with van der Waals surface area (Å²) >= 11 is 1.24. The van der Waals surface area contributed by atoms with E-state index < -0.39 is 5.92 Å². The Kier molecular flexibility index (Phi) is 6.81. The zero-order valence-corrected chi connectivity index (χ0v) is 18.6. The van der Waals surface area contributed by atoms with E-state index in [4.69, 9.17) is 8.83 Å². The Labute approximate surface area is 195 Å². The fourth-order valence-electron chi connectivity index (χ4n) is 3.59. The zero-order valence-electron chi connectivity index (χ0n) is 17.8. The Hall–Kier alpha value is -3.96. The van der Waals surface area contributed by atoms with E-state index in [1.54, 1.807) is 43.3 Å². The van der Waals surface area contributed by atoms with E-state index in [1.165, 1.54) is 24.3 Å². The van der Waals surface area contributed by atoms with Gasteiger partial charge in [0, 0.05) is 11.3 Å². The van der Waals surface area contributed by atoms with Crippen molar-refractivity contribution in [1.82, 2.24) is 10.6 Å². The number of nitrogens with zero attached hydrogens (tertiary/aromatic N) is 1. The zero-order chi connectivity index (χ0) is 23.2. The van der Waals surface area contributed by atoms with E-state index in [9.17, 15) is 14.9 Å². The maximum atomic E-state index is 13.1. The number of allylic oxidation sites excluding steroid dienone is 2. The summed E-state index contributed by atoms with van der Waals surface area (Å²) in [5.41, 5.74) is 1.89. The minimum Gasteiger partial charge on any atom is -0.468 e. The van der Waals surface area contributed by atoms with E-state index in [0.29, 0.717) is 39.0 Å². The van der Waals surface area contributed by atoms with Crippen LogP contribution in [-0.2, 0) is 11.3 Å². The van der Waals surface area contributed by atoms with Crippen molar-refractivity contribution >= 4 is 23.5 Å². The maximum absolute atomic E-state index is 13.1. The summed E-state index contributed by atoms with van der Waals surface area (Å²) in [6, 6.07) is 18.2. The summed E-state index contributed by atoms with van der Waals surface area (Å²) in [7, 11) is 0. The smallest absolute Gasteiger partial charge is 0.250 e. The molecule has 8 heteroatoms. The molecule has 0 spiro atoms. The second kappa shape index (κ2) is 10.1. The number of dihydropyridines is 1. The Balaban J connectivity index is 1.60. The van der Waals surface area contributed by atoms with Gasteiger partial charge in [0.05, 0.1) is 53.0 Å².